The number of carbonyl (C=O) groups is 1. The Labute approximate surface area is 188 Å². The Bertz CT molecular complexity index is 1210. The molecule has 0 bridgehead atoms. The molecule has 8 heteroatoms. The number of unbranched alkanes of at least 4 members (excludes halogenated alkanes) is 1. The van der Waals surface area contributed by atoms with Gasteiger partial charge in [-0.2, -0.15) is 0 Å². The average molecular weight is 456 g/mol. The lowest BCUT2D eigenvalue weighted by atomic mass is 10.0. The van der Waals surface area contributed by atoms with Crippen molar-refractivity contribution in [2.24, 2.45) is 0 Å². The van der Waals surface area contributed by atoms with Crippen molar-refractivity contribution >= 4 is 15.8 Å². The van der Waals surface area contributed by atoms with E-state index in [2.05, 4.69) is 14.7 Å². The molecule has 2 aromatic carbocycles. The predicted molar refractivity (Wildman–Crippen MR) is 122 cm³/mol. The second-order valence-electron chi connectivity index (χ2n) is 7.66. The van der Waals surface area contributed by atoms with Crippen LogP contribution in [-0.2, 0) is 14.8 Å². The summed E-state index contributed by atoms with van der Waals surface area (Å²) >= 11 is 0. The van der Waals surface area contributed by atoms with Gasteiger partial charge in [0, 0.05) is 17.3 Å². The second kappa shape index (κ2) is 10.1. The number of aromatic nitrogens is 2. The Morgan fingerprint density at radius 3 is 2.47 bits per heavy atom. The number of rotatable bonds is 9. The van der Waals surface area contributed by atoms with Crippen LogP contribution >= 0.6 is 0 Å². The number of halogens is 1. The summed E-state index contributed by atoms with van der Waals surface area (Å²) in [6.07, 6.45) is 5.05. The van der Waals surface area contributed by atoms with Crippen LogP contribution in [0.4, 0.5) is 4.39 Å². The van der Waals surface area contributed by atoms with E-state index in [1.165, 1.54) is 25.3 Å². The fourth-order valence-electron chi connectivity index (χ4n) is 3.37. The highest BCUT2D eigenvalue weighted by Gasteiger charge is 2.25. The monoisotopic (exact) mass is 455 g/mol. The van der Waals surface area contributed by atoms with Gasteiger partial charge in [-0.25, -0.2) is 17.5 Å². The lowest BCUT2D eigenvalue weighted by molar-refractivity contribution is -0.118. The summed E-state index contributed by atoms with van der Waals surface area (Å²) in [5.74, 6) is -0.778. The highest BCUT2D eigenvalue weighted by molar-refractivity contribution is 7.89. The first-order chi connectivity index (χ1) is 15.2. The van der Waals surface area contributed by atoms with Gasteiger partial charge in [0.05, 0.1) is 28.5 Å². The number of aryl methyl sites for hydroxylation is 1. The highest BCUT2D eigenvalue weighted by Crippen LogP contribution is 2.31. The summed E-state index contributed by atoms with van der Waals surface area (Å²) in [7, 11) is -4.01. The SMILES string of the molecule is CCCC[C@@H](NS(=O)(=O)c1ccccc1-c1ccc(-c2cnc(C)cn2)c(F)c1)C(C)=O. The number of carbonyl (C=O) groups excluding carboxylic acids is 1. The van der Waals surface area contributed by atoms with Gasteiger partial charge in [0.25, 0.3) is 0 Å². The molecule has 0 radical (unpaired) electrons. The first-order valence-corrected chi connectivity index (χ1v) is 11.9. The summed E-state index contributed by atoms with van der Waals surface area (Å²) in [5, 5.41) is 0. The summed E-state index contributed by atoms with van der Waals surface area (Å²) in [5.41, 5.74) is 2.14. The minimum absolute atomic E-state index is 0.00924. The minimum atomic E-state index is -4.01. The van der Waals surface area contributed by atoms with Crippen LogP contribution in [0.5, 0.6) is 0 Å². The van der Waals surface area contributed by atoms with Crippen LogP contribution in [0.25, 0.3) is 22.4 Å². The third-order valence-corrected chi connectivity index (χ3v) is 6.68. The number of Topliss-reactive ketones (excluding diaryl/α,β-unsaturated/α-hetero) is 1. The molecule has 168 valence electrons. The molecule has 0 spiro atoms. The van der Waals surface area contributed by atoms with Crippen LogP contribution in [0.2, 0.25) is 0 Å². The van der Waals surface area contributed by atoms with Gasteiger partial charge in [-0.05, 0) is 44.0 Å². The van der Waals surface area contributed by atoms with Gasteiger partial charge in [-0.15, -0.1) is 0 Å². The van der Waals surface area contributed by atoms with Gasteiger partial charge in [0.1, 0.15) is 11.6 Å². The van der Waals surface area contributed by atoms with Crippen LogP contribution in [0.1, 0.15) is 38.8 Å². The molecule has 0 unspecified atom stereocenters. The molecule has 1 heterocycles. The van der Waals surface area contributed by atoms with E-state index in [1.807, 2.05) is 6.92 Å². The number of hydrogen-bond acceptors (Lipinski definition) is 5. The molecule has 0 amide bonds. The molecular formula is C24H26FN3O3S. The lowest BCUT2D eigenvalue weighted by Gasteiger charge is -2.18. The van der Waals surface area contributed by atoms with Crippen molar-refractivity contribution in [3.63, 3.8) is 0 Å². The molecular weight excluding hydrogens is 429 g/mol. The maximum atomic E-state index is 14.9. The van der Waals surface area contributed by atoms with E-state index in [-0.39, 0.29) is 16.2 Å². The molecule has 32 heavy (non-hydrogen) atoms. The highest BCUT2D eigenvalue weighted by atomic mass is 32.2. The zero-order chi connectivity index (χ0) is 23.3. The first-order valence-electron chi connectivity index (χ1n) is 10.4. The molecule has 3 rings (SSSR count). The Morgan fingerprint density at radius 1 is 1.09 bits per heavy atom. The van der Waals surface area contributed by atoms with Crippen LogP contribution in [0.3, 0.4) is 0 Å². The topological polar surface area (TPSA) is 89.0 Å². The van der Waals surface area contributed by atoms with Crippen LogP contribution in [0, 0.1) is 12.7 Å². The Morgan fingerprint density at radius 2 is 1.84 bits per heavy atom. The van der Waals surface area contributed by atoms with E-state index < -0.39 is 21.9 Å². The maximum Gasteiger partial charge on any atom is 0.241 e. The van der Waals surface area contributed by atoms with Gasteiger partial charge in [-0.3, -0.25) is 14.8 Å². The summed E-state index contributed by atoms with van der Waals surface area (Å²) in [6.45, 7) is 5.14. The van der Waals surface area contributed by atoms with Gasteiger partial charge >= 0.3 is 0 Å². The Balaban J connectivity index is 1.98. The Kier molecular flexibility index (Phi) is 7.48. The molecule has 3 aromatic rings. The minimum Gasteiger partial charge on any atom is -0.298 e. The van der Waals surface area contributed by atoms with Crippen molar-refractivity contribution in [3.8, 4) is 22.4 Å². The summed E-state index contributed by atoms with van der Waals surface area (Å²) in [6, 6.07) is 10.0. The largest absolute Gasteiger partial charge is 0.298 e. The lowest BCUT2D eigenvalue weighted by Crippen LogP contribution is -2.39. The zero-order valence-electron chi connectivity index (χ0n) is 18.3. The van der Waals surface area contributed by atoms with Crippen molar-refractivity contribution in [1.82, 2.24) is 14.7 Å². The van der Waals surface area contributed by atoms with E-state index in [4.69, 9.17) is 0 Å². The molecule has 6 nitrogen and oxygen atoms in total. The van der Waals surface area contributed by atoms with Crippen molar-refractivity contribution in [3.05, 3.63) is 66.4 Å². The van der Waals surface area contributed by atoms with Crippen LogP contribution < -0.4 is 4.72 Å². The van der Waals surface area contributed by atoms with E-state index in [1.54, 1.807) is 43.5 Å². The van der Waals surface area contributed by atoms with E-state index in [0.29, 0.717) is 23.2 Å². The molecule has 1 atom stereocenters. The van der Waals surface area contributed by atoms with Gasteiger partial charge in [0.2, 0.25) is 10.0 Å². The zero-order valence-corrected chi connectivity index (χ0v) is 19.1. The van der Waals surface area contributed by atoms with Crippen LogP contribution in [-0.4, -0.2) is 30.2 Å². The van der Waals surface area contributed by atoms with Crippen LogP contribution in [0.15, 0.2) is 59.8 Å². The fraction of sp³-hybridized carbons (Fsp3) is 0.292. The molecule has 1 N–H and O–H groups in total. The smallest absolute Gasteiger partial charge is 0.241 e. The van der Waals surface area contributed by atoms with Gasteiger partial charge in [-0.1, -0.05) is 44.0 Å². The quantitative estimate of drug-likeness (QED) is 0.506. The number of benzene rings is 2. The first kappa shape index (κ1) is 23.7. The summed E-state index contributed by atoms with van der Waals surface area (Å²) < 4.78 is 43.7. The predicted octanol–water partition coefficient (Wildman–Crippen LogP) is 4.68. The number of hydrogen-bond donors (Lipinski definition) is 1. The molecule has 0 aliphatic rings. The van der Waals surface area contributed by atoms with Crippen molar-refractivity contribution in [2.45, 2.75) is 51.0 Å². The van der Waals surface area contributed by atoms with Crippen molar-refractivity contribution in [2.75, 3.05) is 0 Å². The van der Waals surface area contributed by atoms with Crippen molar-refractivity contribution in [1.29, 1.82) is 0 Å². The number of ketones is 1. The van der Waals surface area contributed by atoms with Gasteiger partial charge in [0.15, 0.2) is 0 Å². The standard InChI is InChI=1S/C24H26FN3O3S/c1-4-5-9-22(17(3)29)28-32(30,31)24-10-7-6-8-19(24)18-11-12-20(21(25)13-18)23-15-26-16(2)14-27-23/h6-8,10-15,22,28H,4-5,9H2,1-3H3/t22-/m1/s1. The molecule has 0 aliphatic heterocycles. The molecule has 0 fully saturated rings. The average Bonchev–Trinajstić information content (AvgIpc) is 2.77. The normalized spacial score (nSPS) is 12.5. The second-order valence-corrected chi connectivity index (χ2v) is 9.34. The molecule has 1 aromatic heterocycles. The van der Waals surface area contributed by atoms with Gasteiger partial charge < -0.3 is 0 Å². The maximum absolute atomic E-state index is 14.9. The fourth-order valence-corrected chi connectivity index (χ4v) is 4.88. The molecule has 0 aliphatic carbocycles. The van der Waals surface area contributed by atoms with E-state index in [9.17, 15) is 17.6 Å². The number of nitrogens with one attached hydrogen (secondary N) is 1. The summed E-state index contributed by atoms with van der Waals surface area (Å²) in [4.78, 5) is 20.3. The molecule has 0 saturated carbocycles. The number of sulfonamides is 1. The Hall–Kier alpha value is -2.97. The third kappa shape index (κ3) is 5.44. The van der Waals surface area contributed by atoms with E-state index >= 15 is 0 Å². The van der Waals surface area contributed by atoms with Crippen molar-refractivity contribution < 1.29 is 17.6 Å². The molecule has 0 saturated heterocycles. The third-order valence-electron chi connectivity index (χ3n) is 5.15. The van der Waals surface area contributed by atoms with E-state index in [0.717, 1.165) is 18.5 Å². The number of nitrogens with zero attached hydrogens (tertiary/aromatic N) is 2.